The van der Waals surface area contributed by atoms with Gasteiger partial charge in [-0.05, 0) is 38.5 Å². The maximum atomic E-state index is 12.7. The summed E-state index contributed by atoms with van der Waals surface area (Å²) in [7, 11) is -16.4. The smallest absolute Gasteiger partial charge is 0.386 e. The highest BCUT2D eigenvalue weighted by atomic mass is 32.2. The summed E-state index contributed by atoms with van der Waals surface area (Å²) < 4.78 is 62.4. The number of nitrogen functional groups attached to an aromatic ring is 1. The summed E-state index contributed by atoms with van der Waals surface area (Å²) in [4.78, 5) is 88.2. The predicted octanol–water partition coefficient (Wildman–Crippen LogP) is 3.70. The molecule has 0 saturated carbocycles. The van der Waals surface area contributed by atoms with E-state index in [1.807, 2.05) is 12.2 Å². The first-order valence-electron chi connectivity index (χ1n) is 20.9. The second-order valence-electron chi connectivity index (χ2n) is 15.6. The van der Waals surface area contributed by atoms with Gasteiger partial charge in [-0.15, -0.1) is 0 Å². The first-order valence-corrected chi connectivity index (χ1v) is 26.4. The number of nitrogens with two attached hydrogens (primary N) is 1. The van der Waals surface area contributed by atoms with E-state index in [9.17, 15) is 57.9 Å². The van der Waals surface area contributed by atoms with E-state index in [-0.39, 0.29) is 48.0 Å². The molecule has 10 N–H and O–H groups in total. The van der Waals surface area contributed by atoms with Crippen molar-refractivity contribution >= 4 is 69.1 Å². The summed E-state index contributed by atoms with van der Waals surface area (Å²) in [6.07, 6.45) is 12.1. The molecular formula is C37H62N7O17P3S. The fraction of sp³-hybridized carbons (Fsp3) is 0.676. The maximum absolute atomic E-state index is 12.7. The van der Waals surface area contributed by atoms with E-state index < -0.39 is 84.6 Å². The average molecular weight is 1000 g/mol. The van der Waals surface area contributed by atoms with Crippen LogP contribution in [0.4, 0.5) is 5.82 Å². The summed E-state index contributed by atoms with van der Waals surface area (Å²) in [5.41, 5.74) is 4.27. The number of phosphoric ester groups is 3. The molecule has 0 aromatic carbocycles. The number of carbonyl (C=O) groups excluding carboxylic acids is 3. The number of fused-ring (bicyclic) bond motifs is 1. The summed E-state index contributed by atoms with van der Waals surface area (Å²) >= 11 is 1.09. The number of nitrogens with one attached hydrogen (secondary N) is 2. The molecule has 0 radical (unpaired) electrons. The van der Waals surface area contributed by atoms with E-state index >= 15 is 0 Å². The number of hydrogen-bond acceptors (Lipinski definition) is 18. The Morgan fingerprint density at radius 2 is 1.58 bits per heavy atom. The molecule has 0 aliphatic carbocycles. The van der Waals surface area contributed by atoms with Crippen LogP contribution in [0.15, 0.2) is 37.0 Å². The summed E-state index contributed by atoms with van der Waals surface area (Å²) in [5.74, 6) is -1.09. The zero-order chi connectivity index (χ0) is 48.3. The molecule has 1 saturated heterocycles. The first kappa shape index (κ1) is 56.4. The highest BCUT2D eigenvalue weighted by Crippen LogP contribution is 2.61. The van der Waals surface area contributed by atoms with Crippen LogP contribution in [-0.4, -0.2) is 123 Å². The Morgan fingerprint density at radius 1 is 0.938 bits per heavy atom. The van der Waals surface area contributed by atoms with Gasteiger partial charge in [-0.25, -0.2) is 28.6 Å². The fourth-order valence-electron chi connectivity index (χ4n) is 6.10. The third kappa shape index (κ3) is 20.4. The van der Waals surface area contributed by atoms with Gasteiger partial charge in [0.2, 0.25) is 11.8 Å². The Balaban J connectivity index is 1.34. The predicted molar refractivity (Wildman–Crippen MR) is 237 cm³/mol. The second-order valence-corrected chi connectivity index (χ2v) is 21.0. The van der Waals surface area contributed by atoms with Crippen molar-refractivity contribution in [3.8, 4) is 0 Å². The number of imidazole rings is 1. The number of nitrogens with zero attached hydrogens (tertiary/aromatic N) is 4. The SMILES string of the molecule is CCCCCC/C=C/CCCC/C=C/CC(=O)SCCNC(=O)CCNC(=O)C(O)C(C)(C)COP(=O)(O)OP(=O)(O)OCC1OC(n2cnc3c(N)ncnc32)C(O)C1OP(=O)(O)O. The Morgan fingerprint density at radius 3 is 2.25 bits per heavy atom. The zero-order valence-corrected chi connectivity index (χ0v) is 40.0. The number of ether oxygens (including phenoxy) is 1. The third-order valence-corrected chi connectivity index (χ3v) is 13.6. The summed E-state index contributed by atoms with van der Waals surface area (Å²) in [6.45, 7) is 2.72. The molecule has 368 valence electrons. The topological polar surface area (TPSA) is 364 Å². The number of aliphatic hydroxyl groups excluding tert-OH is 2. The number of rotatable bonds is 31. The van der Waals surface area contributed by atoms with Crippen LogP contribution >= 0.6 is 35.2 Å². The van der Waals surface area contributed by atoms with Crippen LogP contribution in [0.5, 0.6) is 0 Å². The van der Waals surface area contributed by atoms with Gasteiger partial charge in [0.1, 0.15) is 36.3 Å². The lowest BCUT2D eigenvalue weighted by Gasteiger charge is -2.30. The van der Waals surface area contributed by atoms with Crippen molar-refractivity contribution in [2.75, 3.05) is 37.8 Å². The molecule has 2 aromatic heterocycles. The monoisotopic (exact) mass is 1000 g/mol. The molecule has 2 amide bonds. The van der Waals surface area contributed by atoms with Gasteiger partial charge >= 0.3 is 23.5 Å². The van der Waals surface area contributed by atoms with Crippen molar-refractivity contribution in [3.63, 3.8) is 0 Å². The molecule has 1 aliphatic rings. The van der Waals surface area contributed by atoms with Crippen LogP contribution < -0.4 is 16.4 Å². The number of carbonyl (C=O) groups is 3. The lowest BCUT2D eigenvalue weighted by molar-refractivity contribution is -0.137. The van der Waals surface area contributed by atoms with Gasteiger partial charge in [-0.2, -0.15) is 4.31 Å². The minimum absolute atomic E-state index is 0.0292. The average Bonchev–Trinajstić information content (AvgIpc) is 3.79. The number of thioether (sulfide) groups is 1. The quantitative estimate of drug-likeness (QED) is 0.0295. The van der Waals surface area contributed by atoms with E-state index in [0.29, 0.717) is 5.75 Å². The van der Waals surface area contributed by atoms with Crippen molar-refractivity contribution in [1.29, 1.82) is 0 Å². The van der Waals surface area contributed by atoms with E-state index in [1.165, 1.54) is 39.5 Å². The normalized spacial score (nSPS) is 20.6. The number of amides is 2. The highest BCUT2D eigenvalue weighted by Gasteiger charge is 2.50. The van der Waals surface area contributed by atoms with Crippen LogP contribution in [0.1, 0.15) is 97.6 Å². The standard InChI is InChI=1S/C37H62N7O17P3S/c1-4-5-6-7-8-9-10-11-12-13-14-15-16-17-28(46)65-21-20-39-27(45)18-19-40-35(49)32(48)37(2,3)23-58-64(55,56)61-63(53,54)57-22-26-31(60-62(50,51)52)30(47)36(59-26)44-25-43-29-33(38)41-24-42-34(29)44/h9-10,15-16,24-26,30-32,36,47-48H,4-8,11-14,17-23H2,1-3H3,(H,39,45)(H,40,49)(H,53,54)(H,55,56)(H2,38,41,42)(H2,50,51,52)/b10-9+,16-15+. The van der Waals surface area contributed by atoms with Crippen molar-refractivity contribution in [3.05, 3.63) is 37.0 Å². The number of hydrogen-bond donors (Lipinski definition) is 9. The Hall–Kier alpha value is -2.96. The van der Waals surface area contributed by atoms with Crippen molar-refractivity contribution in [2.45, 2.75) is 122 Å². The van der Waals surface area contributed by atoms with Gasteiger partial charge in [-0.1, -0.05) is 76.1 Å². The summed E-state index contributed by atoms with van der Waals surface area (Å²) in [5, 5.41) is 26.5. The van der Waals surface area contributed by atoms with E-state index in [0.717, 1.165) is 61.1 Å². The van der Waals surface area contributed by atoms with Gasteiger partial charge in [0.15, 0.2) is 22.8 Å². The van der Waals surface area contributed by atoms with Crippen molar-refractivity contribution in [2.24, 2.45) is 5.41 Å². The molecule has 3 rings (SSSR count). The zero-order valence-electron chi connectivity index (χ0n) is 36.5. The Kier molecular flexibility index (Phi) is 23.5. The number of anilines is 1. The minimum Gasteiger partial charge on any atom is -0.386 e. The molecule has 65 heavy (non-hydrogen) atoms. The summed E-state index contributed by atoms with van der Waals surface area (Å²) in [6, 6.07) is 0. The van der Waals surface area contributed by atoms with Crippen LogP contribution in [0.25, 0.3) is 11.2 Å². The van der Waals surface area contributed by atoms with Gasteiger partial charge in [0.25, 0.3) is 0 Å². The van der Waals surface area contributed by atoms with Crippen LogP contribution in [-0.2, 0) is 50.7 Å². The van der Waals surface area contributed by atoms with Crippen LogP contribution in [0, 0.1) is 5.41 Å². The van der Waals surface area contributed by atoms with Crippen molar-refractivity contribution < 1.29 is 80.5 Å². The van der Waals surface area contributed by atoms with Gasteiger partial charge in [0, 0.05) is 37.1 Å². The number of aliphatic hydroxyl groups is 2. The van der Waals surface area contributed by atoms with Crippen molar-refractivity contribution in [1.82, 2.24) is 30.2 Å². The lowest BCUT2D eigenvalue weighted by atomic mass is 9.87. The molecule has 1 aliphatic heterocycles. The number of aromatic nitrogens is 4. The highest BCUT2D eigenvalue weighted by molar-refractivity contribution is 8.13. The van der Waals surface area contributed by atoms with E-state index in [1.54, 1.807) is 0 Å². The maximum Gasteiger partial charge on any atom is 0.481 e. The molecule has 24 nitrogen and oxygen atoms in total. The Bertz CT molecular complexity index is 2050. The molecule has 0 bridgehead atoms. The molecule has 2 aromatic rings. The molecule has 0 spiro atoms. The van der Waals surface area contributed by atoms with Gasteiger partial charge in [0.05, 0.1) is 19.5 Å². The van der Waals surface area contributed by atoms with E-state index in [4.69, 9.17) is 19.5 Å². The molecular weight excluding hydrogens is 939 g/mol. The first-order chi connectivity index (χ1) is 30.6. The number of unbranched alkanes of at least 4 members (excludes halogenated alkanes) is 7. The third-order valence-electron chi connectivity index (χ3n) is 9.60. The van der Waals surface area contributed by atoms with Crippen LogP contribution in [0.2, 0.25) is 0 Å². The minimum atomic E-state index is -5.58. The van der Waals surface area contributed by atoms with Gasteiger partial charge in [-0.3, -0.25) is 32.5 Å². The van der Waals surface area contributed by atoms with Gasteiger partial charge < -0.3 is 50.9 Å². The molecule has 7 atom stereocenters. The number of allylic oxidation sites excluding steroid dienone is 4. The molecule has 3 heterocycles. The number of phosphoric acid groups is 3. The van der Waals surface area contributed by atoms with Crippen LogP contribution in [0.3, 0.4) is 0 Å². The second kappa shape index (κ2) is 27.1. The molecule has 1 fully saturated rings. The lowest BCUT2D eigenvalue weighted by Crippen LogP contribution is -2.46. The van der Waals surface area contributed by atoms with E-state index in [2.05, 4.69) is 53.5 Å². The molecule has 7 unspecified atom stereocenters. The fourth-order valence-corrected chi connectivity index (χ4v) is 9.58. The largest absolute Gasteiger partial charge is 0.481 e. The molecule has 28 heteroatoms. The Labute approximate surface area is 381 Å².